The number of benzene rings is 1. The molecule has 1 aromatic heterocycles. The van der Waals surface area contributed by atoms with Gasteiger partial charge in [0.05, 0.1) is 16.9 Å². The zero-order valence-corrected chi connectivity index (χ0v) is 12.3. The van der Waals surface area contributed by atoms with Gasteiger partial charge in [-0.1, -0.05) is 0 Å². The van der Waals surface area contributed by atoms with E-state index in [2.05, 4.69) is 10.3 Å². The Hall–Kier alpha value is -1.62. The summed E-state index contributed by atoms with van der Waals surface area (Å²) in [5, 5.41) is 2.75. The third-order valence-electron chi connectivity index (χ3n) is 3.16. The van der Waals surface area contributed by atoms with Gasteiger partial charge in [0, 0.05) is 25.6 Å². The lowest BCUT2D eigenvalue weighted by molar-refractivity contribution is -0.121. The second kappa shape index (κ2) is 6.22. The number of aryl methyl sites for hydroxylation is 2. The number of fused-ring (bicyclic) bond motifs is 1. The van der Waals surface area contributed by atoms with E-state index in [-0.39, 0.29) is 17.6 Å². The molecule has 0 aliphatic carbocycles. The Labute approximate surface area is 121 Å². The molecule has 2 aromatic rings. The molecule has 0 aliphatic heterocycles. The van der Waals surface area contributed by atoms with E-state index in [1.54, 1.807) is 13.0 Å². The number of imidazole rings is 1. The third-order valence-corrected chi connectivity index (χ3v) is 3.40. The Morgan fingerprint density at radius 1 is 1.50 bits per heavy atom. The summed E-state index contributed by atoms with van der Waals surface area (Å²) in [7, 11) is 0. The van der Waals surface area contributed by atoms with Crippen molar-refractivity contribution in [1.82, 2.24) is 14.9 Å². The van der Waals surface area contributed by atoms with Crippen molar-refractivity contribution in [2.24, 2.45) is 0 Å². The molecule has 0 unspecified atom stereocenters. The molecule has 0 atom stereocenters. The van der Waals surface area contributed by atoms with Crippen LogP contribution < -0.4 is 5.32 Å². The lowest BCUT2D eigenvalue weighted by Gasteiger charge is -2.08. The number of rotatable bonds is 5. The van der Waals surface area contributed by atoms with E-state index < -0.39 is 0 Å². The van der Waals surface area contributed by atoms with E-state index in [4.69, 9.17) is 11.6 Å². The molecule has 0 saturated carbocycles. The summed E-state index contributed by atoms with van der Waals surface area (Å²) in [6.07, 6.45) is 0.347. The largest absolute Gasteiger partial charge is 0.356 e. The van der Waals surface area contributed by atoms with Crippen LogP contribution in [0.4, 0.5) is 4.39 Å². The SMILES string of the molecule is CCNC(=O)CCn1c(CCl)nc2cc(F)c(C)cc21. The van der Waals surface area contributed by atoms with Crippen molar-refractivity contribution in [1.29, 1.82) is 0 Å². The zero-order chi connectivity index (χ0) is 14.7. The van der Waals surface area contributed by atoms with Crippen LogP contribution in [0.3, 0.4) is 0 Å². The first-order valence-electron chi connectivity index (χ1n) is 6.54. The molecule has 0 spiro atoms. The minimum absolute atomic E-state index is 0.0197. The fourth-order valence-electron chi connectivity index (χ4n) is 2.15. The smallest absolute Gasteiger partial charge is 0.221 e. The monoisotopic (exact) mass is 297 g/mol. The van der Waals surface area contributed by atoms with Crippen LogP contribution in [0.1, 0.15) is 24.7 Å². The standard InChI is InChI=1S/C14H17ClFN3O/c1-3-17-14(20)4-5-19-12-6-9(2)10(16)7-11(12)18-13(19)8-15/h6-7H,3-5,8H2,1-2H3,(H,17,20). The van der Waals surface area contributed by atoms with Crippen LogP contribution >= 0.6 is 11.6 Å². The minimum atomic E-state index is -0.285. The van der Waals surface area contributed by atoms with E-state index in [0.717, 1.165) is 5.52 Å². The van der Waals surface area contributed by atoms with Crippen molar-refractivity contribution >= 4 is 28.5 Å². The van der Waals surface area contributed by atoms with Crippen LogP contribution in [0, 0.1) is 12.7 Å². The second-order valence-electron chi connectivity index (χ2n) is 4.61. The lowest BCUT2D eigenvalue weighted by Crippen LogP contribution is -2.24. The summed E-state index contributed by atoms with van der Waals surface area (Å²) in [6.45, 7) is 4.67. The fourth-order valence-corrected chi connectivity index (χ4v) is 2.35. The predicted octanol–water partition coefficient (Wildman–Crippen LogP) is 2.75. The van der Waals surface area contributed by atoms with Crippen LogP contribution in [0.25, 0.3) is 11.0 Å². The molecule has 0 bridgehead atoms. The molecule has 0 radical (unpaired) electrons. The van der Waals surface area contributed by atoms with Crippen molar-refractivity contribution in [3.8, 4) is 0 Å². The van der Waals surface area contributed by atoms with Crippen molar-refractivity contribution in [3.05, 3.63) is 29.3 Å². The fraction of sp³-hybridized carbons (Fsp3) is 0.429. The summed E-state index contributed by atoms with van der Waals surface area (Å²) in [4.78, 5) is 15.9. The van der Waals surface area contributed by atoms with E-state index in [1.165, 1.54) is 6.07 Å². The Morgan fingerprint density at radius 3 is 2.90 bits per heavy atom. The molecule has 1 aromatic carbocycles. The van der Waals surface area contributed by atoms with Gasteiger partial charge in [-0.05, 0) is 25.5 Å². The lowest BCUT2D eigenvalue weighted by atomic mass is 10.2. The maximum absolute atomic E-state index is 13.6. The molecular weight excluding hydrogens is 281 g/mol. The summed E-state index contributed by atoms with van der Waals surface area (Å²) in [6, 6.07) is 3.15. The van der Waals surface area contributed by atoms with Crippen LogP contribution in [0.5, 0.6) is 0 Å². The van der Waals surface area contributed by atoms with Gasteiger partial charge >= 0.3 is 0 Å². The maximum Gasteiger partial charge on any atom is 0.221 e. The molecule has 0 fully saturated rings. The van der Waals surface area contributed by atoms with Gasteiger partial charge in [-0.15, -0.1) is 11.6 Å². The second-order valence-corrected chi connectivity index (χ2v) is 4.87. The van der Waals surface area contributed by atoms with Crippen LogP contribution in [-0.2, 0) is 17.2 Å². The van der Waals surface area contributed by atoms with E-state index in [1.807, 2.05) is 11.5 Å². The predicted molar refractivity (Wildman–Crippen MR) is 77.3 cm³/mol. The van der Waals surface area contributed by atoms with Gasteiger partial charge in [0.2, 0.25) is 5.91 Å². The minimum Gasteiger partial charge on any atom is -0.356 e. The van der Waals surface area contributed by atoms with E-state index in [0.29, 0.717) is 36.4 Å². The first kappa shape index (κ1) is 14.8. The molecule has 1 amide bonds. The van der Waals surface area contributed by atoms with Crippen molar-refractivity contribution in [2.75, 3.05) is 6.54 Å². The van der Waals surface area contributed by atoms with Gasteiger partial charge in [0.15, 0.2) is 0 Å². The number of hydrogen-bond donors (Lipinski definition) is 1. The highest BCUT2D eigenvalue weighted by Gasteiger charge is 2.13. The topological polar surface area (TPSA) is 46.9 Å². The van der Waals surface area contributed by atoms with E-state index in [9.17, 15) is 9.18 Å². The number of amides is 1. The quantitative estimate of drug-likeness (QED) is 0.863. The Balaban J connectivity index is 2.35. The van der Waals surface area contributed by atoms with Crippen LogP contribution in [-0.4, -0.2) is 22.0 Å². The van der Waals surface area contributed by atoms with Crippen molar-refractivity contribution in [3.63, 3.8) is 0 Å². The number of nitrogens with zero attached hydrogens (tertiary/aromatic N) is 2. The number of hydrogen-bond acceptors (Lipinski definition) is 2. The average molecular weight is 298 g/mol. The summed E-state index contributed by atoms with van der Waals surface area (Å²) >= 11 is 5.88. The summed E-state index contributed by atoms with van der Waals surface area (Å²) < 4.78 is 15.4. The summed E-state index contributed by atoms with van der Waals surface area (Å²) in [5.74, 6) is 0.571. The third kappa shape index (κ3) is 2.93. The molecule has 0 aliphatic rings. The Kier molecular flexibility index (Phi) is 4.60. The highest BCUT2D eigenvalue weighted by atomic mass is 35.5. The number of carbonyl (C=O) groups excluding carboxylic acids is 1. The molecule has 6 heteroatoms. The highest BCUT2D eigenvalue weighted by molar-refractivity contribution is 6.16. The molecule has 1 N–H and O–H groups in total. The van der Waals surface area contributed by atoms with Crippen LogP contribution in [0.2, 0.25) is 0 Å². The van der Waals surface area contributed by atoms with Gasteiger partial charge in [-0.2, -0.15) is 0 Å². The van der Waals surface area contributed by atoms with E-state index >= 15 is 0 Å². The first-order chi connectivity index (χ1) is 9.56. The molecule has 20 heavy (non-hydrogen) atoms. The molecule has 2 rings (SSSR count). The van der Waals surface area contributed by atoms with Gasteiger partial charge in [-0.25, -0.2) is 9.37 Å². The van der Waals surface area contributed by atoms with Gasteiger partial charge in [0.25, 0.3) is 0 Å². The van der Waals surface area contributed by atoms with Crippen molar-refractivity contribution < 1.29 is 9.18 Å². The van der Waals surface area contributed by atoms with Gasteiger partial charge in [-0.3, -0.25) is 4.79 Å². The highest BCUT2D eigenvalue weighted by Crippen LogP contribution is 2.21. The normalized spacial score (nSPS) is 11.0. The molecular formula is C14H17ClFN3O. The number of aromatic nitrogens is 2. The zero-order valence-electron chi connectivity index (χ0n) is 11.5. The molecule has 4 nitrogen and oxygen atoms in total. The number of halogens is 2. The number of carbonyl (C=O) groups is 1. The molecule has 0 saturated heterocycles. The average Bonchev–Trinajstić information content (AvgIpc) is 2.74. The van der Waals surface area contributed by atoms with Crippen molar-refractivity contribution in [2.45, 2.75) is 32.7 Å². The van der Waals surface area contributed by atoms with Gasteiger partial charge in [0.1, 0.15) is 11.6 Å². The van der Waals surface area contributed by atoms with Crippen LogP contribution in [0.15, 0.2) is 12.1 Å². The Morgan fingerprint density at radius 2 is 2.25 bits per heavy atom. The maximum atomic E-state index is 13.6. The molecule has 1 heterocycles. The van der Waals surface area contributed by atoms with Gasteiger partial charge < -0.3 is 9.88 Å². The first-order valence-corrected chi connectivity index (χ1v) is 7.08. The molecule has 108 valence electrons. The number of nitrogens with one attached hydrogen (secondary N) is 1. The Bertz CT molecular complexity index is 639. The summed E-state index contributed by atoms with van der Waals surface area (Å²) in [5.41, 5.74) is 1.93. The number of alkyl halides is 1.